The first-order valence-corrected chi connectivity index (χ1v) is 12.5. The molecule has 0 saturated carbocycles. The molecule has 3 aromatic rings. The van der Waals surface area contributed by atoms with E-state index in [-0.39, 0.29) is 29.1 Å². The number of benzene rings is 2. The summed E-state index contributed by atoms with van der Waals surface area (Å²) < 4.78 is 71.5. The van der Waals surface area contributed by atoms with E-state index < -0.39 is 28.9 Å². The Labute approximate surface area is 216 Å². The van der Waals surface area contributed by atoms with Gasteiger partial charge >= 0.3 is 6.36 Å². The first-order valence-electron chi connectivity index (χ1n) is 10.7. The summed E-state index contributed by atoms with van der Waals surface area (Å²) in [6.45, 7) is -0.879. The Hall–Kier alpha value is -3.42. The van der Waals surface area contributed by atoms with Crippen molar-refractivity contribution in [3.8, 4) is 11.1 Å². The van der Waals surface area contributed by atoms with Crippen molar-refractivity contribution in [3.05, 3.63) is 65.4 Å². The van der Waals surface area contributed by atoms with Crippen molar-refractivity contribution in [1.82, 2.24) is 14.7 Å². The van der Waals surface area contributed by atoms with Crippen molar-refractivity contribution in [3.63, 3.8) is 0 Å². The topological polar surface area (TPSA) is 106 Å². The van der Waals surface area contributed by atoms with Crippen LogP contribution in [0.15, 0.2) is 64.2 Å². The van der Waals surface area contributed by atoms with Gasteiger partial charge in [-0.05, 0) is 23.8 Å². The summed E-state index contributed by atoms with van der Waals surface area (Å²) in [5, 5.41) is 7.06. The van der Waals surface area contributed by atoms with Crippen LogP contribution in [0.25, 0.3) is 11.1 Å². The zero-order chi connectivity index (χ0) is 27.2. The van der Waals surface area contributed by atoms with Gasteiger partial charge in [0.05, 0.1) is 30.7 Å². The molecule has 1 heterocycles. The minimum atomic E-state index is -4.77. The third-order valence-electron chi connectivity index (χ3n) is 4.80. The van der Waals surface area contributed by atoms with Gasteiger partial charge in [0.25, 0.3) is 10.0 Å². The van der Waals surface area contributed by atoms with E-state index in [1.54, 1.807) is 38.4 Å². The maximum Gasteiger partial charge on any atom is 0.522 e. The second-order valence-corrected chi connectivity index (χ2v) is 9.98. The van der Waals surface area contributed by atoms with Crippen molar-refractivity contribution in [2.45, 2.75) is 24.2 Å². The van der Waals surface area contributed by atoms with E-state index in [4.69, 9.17) is 11.6 Å². The molecule has 1 N–H and O–H groups in total. The molecule has 9 nitrogen and oxygen atoms in total. The summed E-state index contributed by atoms with van der Waals surface area (Å²) in [6.07, 6.45) is -0.991. The van der Waals surface area contributed by atoms with E-state index in [1.165, 1.54) is 40.2 Å². The SMILES string of the molecule is CN(C)/C=N/S(=O)(=O)c1cc(NC(=O)Cc2ccccc2Cl)ccc1-c1cnn(CCOC(F)(F)F)c1. The quantitative estimate of drug-likeness (QED) is 0.296. The zero-order valence-electron chi connectivity index (χ0n) is 19.7. The highest BCUT2D eigenvalue weighted by atomic mass is 35.5. The molecule has 198 valence electrons. The molecule has 0 radical (unpaired) electrons. The second-order valence-electron chi connectivity index (χ2n) is 7.97. The Balaban J connectivity index is 1.90. The number of aromatic nitrogens is 2. The molecular formula is C23H23ClF3N5O4S. The summed E-state index contributed by atoms with van der Waals surface area (Å²) in [6, 6.07) is 11.0. The number of ether oxygens (including phenoxy) is 1. The number of nitrogens with one attached hydrogen (secondary N) is 1. The fourth-order valence-electron chi connectivity index (χ4n) is 3.16. The summed E-state index contributed by atoms with van der Waals surface area (Å²) in [5.74, 6) is -0.418. The van der Waals surface area contributed by atoms with Crippen LogP contribution >= 0.6 is 11.6 Å². The normalized spacial score (nSPS) is 12.2. The van der Waals surface area contributed by atoms with Gasteiger partial charge in [0.1, 0.15) is 6.34 Å². The lowest BCUT2D eigenvalue weighted by Gasteiger charge is -2.12. The van der Waals surface area contributed by atoms with Crippen LogP contribution in [0.1, 0.15) is 5.56 Å². The highest BCUT2D eigenvalue weighted by Crippen LogP contribution is 2.31. The molecule has 0 aliphatic rings. The van der Waals surface area contributed by atoms with Crippen molar-refractivity contribution in [2.75, 3.05) is 26.0 Å². The van der Waals surface area contributed by atoms with Crippen LogP contribution in [0.4, 0.5) is 18.9 Å². The lowest BCUT2D eigenvalue weighted by molar-refractivity contribution is -0.325. The van der Waals surface area contributed by atoms with Crippen LogP contribution in [0, 0.1) is 0 Å². The minimum absolute atomic E-state index is 0.0327. The summed E-state index contributed by atoms with van der Waals surface area (Å²) in [7, 11) is -1.05. The molecule has 0 atom stereocenters. The van der Waals surface area contributed by atoms with Crippen LogP contribution < -0.4 is 5.32 Å². The summed E-state index contributed by atoms with van der Waals surface area (Å²) in [5.41, 5.74) is 1.32. The molecule has 0 spiro atoms. The number of nitrogens with zero attached hydrogens (tertiary/aromatic N) is 4. The Morgan fingerprint density at radius 3 is 2.65 bits per heavy atom. The van der Waals surface area contributed by atoms with E-state index in [1.807, 2.05) is 0 Å². The van der Waals surface area contributed by atoms with Gasteiger partial charge in [0.15, 0.2) is 0 Å². The van der Waals surface area contributed by atoms with Gasteiger partial charge in [-0.1, -0.05) is 35.9 Å². The molecule has 2 aromatic carbocycles. The number of rotatable bonds is 10. The van der Waals surface area contributed by atoms with E-state index in [0.717, 1.165) is 6.34 Å². The lowest BCUT2D eigenvalue weighted by Crippen LogP contribution is -2.17. The molecule has 0 saturated heterocycles. The fourth-order valence-corrected chi connectivity index (χ4v) is 4.53. The molecule has 37 heavy (non-hydrogen) atoms. The third kappa shape index (κ3) is 8.30. The third-order valence-corrected chi connectivity index (χ3v) is 6.43. The number of carbonyl (C=O) groups is 1. The predicted molar refractivity (Wildman–Crippen MR) is 133 cm³/mol. The zero-order valence-corrected chi connectivity index (χ0v) is 21.3. The highest BCUT2D eigenvalue weighted by Gasteiger charge is 2.28. The number of sulfonamides is 1. The maximum atomic E-state index is 13.1. The van der Waals surface area contributed by atoms with Gasteiger partial charge in [-0.2, -0.15) is 13.5 Å². The minimum Gasteiger partial charge on any atom is -0.368 e. The average molecular weight is 558 g/mol. The number of alkyl halides is 3. The summed E-state index contributed by atoms with van der Waals surface area (Å²) >= 11 is 6.11. The number of anilines is 1. The van der Waals surface area contributed by atoms with Crippen LogP contribution in [0.5, 0.6) is 0 Å². The van der Waals surface area contributed by atoms with Crippen LogP contribution in [-0.2, 0) is 32.5 Å². The van der Waals surface area contributed by atoms with Crippen LogP contribution in [0.3, 0.4) is 0 Å². The van der Waals surface area contributed by atoms with E-state index in [2.05, 4.69) is 19.6 Å². The number of hydrogen-bond donors (Lipinski definition) is 1. The van der Waals surface area contributed by atoms with Crippen molar-refractivity contribution in [1.29, 1.82) is 0 Å². The lowest BCUT2D eigenvalue weighted by atomic mass is 10.1. The predicted octanol–water partition coefficient (Wildman–Crippen LogP) is 4.20. The average Bonchev–Trinajstić information content (AvgIpc) is 3.27. The van der Waals surface area contributed by atoms with Crippen LogP contribution in [0.2, 0.25) is 5.02 Å². The molecule has 14 heteroatoms. The Morgan fingerprint density at radius 2 is 1.97 bits per heavy atom. The fraction of sp³-hybridized carbons (Fsp3) is 0.261. The van der Waals surface area contributed by atoms with E-state index in [0.29, 0.717) is 16.1 Å². The van der Waals surface area contributed by atoms with Gasteiger partial charge in [-0.25, -0.2) is 0 Å². The van der Waals surface area contributed by atoms with Crippen molar-refractivity contribution in [2.24, 2.45) is 4.40 Å². The second kappa shape index (κ2) is 11.8. The first kappa shape index (κ1) is 28.2. The molecule has 1 aromatic heterocycles. The van der Waals surface area contributed by atoms with Gasteiger partial charge in [0, 0.05) is 42.1 Å². The van der Waals surface area contributed by atoms with Crippen molar-refractivity contribution < 1.29 is 31.1 Å². The van der Waals surface area contributed by atoms with Crippen molar-refractivity contribution >= 4 is 39.6 Å². The number of amides is 1. The molecule has 0 unspecified atom stereocenters. The highest BCUT2D eigenvalue weighted by molar-refractivity contribution is 7.90. The Kier molecular flexibility index (Phi) is 8.94. The molecule has 0 aliphatic carbocycles. The van der Waals surface area contributed by atoms with Gasteiger partial charge < -0.3 is 10.2 Å². The number of carbonyl (C=O) groups excluding carboxylic acids is 1. The smallest absolute Gasteiger partial charge is 0.368 e. The van der Waals surface area contributed by atoms with Gasteiger partial charge in [-0.3, -0.25) is 14.2 Å². The molecule has 1 amide bonds. The Bertz CT molecular complexity index is 1390. The van der Waals surface area contributed by atoms with E-state index >= 15 is 0 Å². The molecular weight excluding hydrogens is 535 g/mol. The molecule has 0 bridgehead atoms. The monoisotopic (exact) mass is 557 g/mol. The molecule has 3 rings (SSSR count). The van der Waals surface area contributed by atoms with Gasteiger partial charge in [0.2, 0.25) is 5.91 Å². The molecule has 0 fully saturated rings. The van der Waals surface area contributed by atoms with Gasteiger partial charge in [-0.15, -0.1) is 17.6 Å². The van der Waals surface area contributed by atoms with Crippen LogP contribution in [-0.4, -0.2) is 62.4 Å². The number of hydrogen-bond acceptors (Lipinski definition) is 5. The number of halogens is 4. The molecule has 0 aliphatic heterocycles. The maximum absolute atomic E-state index is 13.1. The largest absolute Gasteiger partial charge is 0.522 e. The van der Waals surface area contributed by atoms with E-state index in [9.17, 15) is 26.4 Å². The summed E-state index contributed by atoms with van der Waals surface area (Å²) in [4.78, 5) is 13.8. The first-order chi connectivity index (χ1) is 17.3. The standard InChI is InChI=1S/C23H23ClF3N5O4S/c1-31(2)15-29-37(34,35)21-12-18(30-22(33)11-16-5-3-4-6-20(16)24)7-8-19(21)17-13-28-32(14-17)9-10-36-23(25,26)27/h3-8,12-15H,9-11H2,1-2H3,(H,30,33)/b29-15+. The Morgan fingerprint density at radius 1 is 1.24 bits per heavy atom.